The first-order chi connectivity index (χ1) is 13.2. The first kappa shape index (κ1) is 19.4. The van der Waals surface area contributed by atoms with Crippen LogP contribution in [0, 0.1) is 5.92 Å². The molecule has 0 radical (unpaired) electrons. The monoisotopic (exact) mass is 369 g/mol. The number of nitrogens with one attached hydrogen (secondary N) is 1. The molecule has 2 unspecified atom stereocenters. The minimum absolute atomic E-state index is 0.428. The SMILES string of the molecule is CCOCc1ccc(CNC(=NC)N2CCC(C)C(n3ccnc3)C2)cc1. The lowest BCUT2D eigenvalue weighted by Crippen LogP contribution is -2.48. The van der Waals surface area contributed by atoms with Crippen molar-refractivity contribution in [2.75, 3.05) is 26.7 Å². The molecule has 3 rings (SSSR count). The standard InChI is InChI=1S/C21H31N5O/c1-4-27-15-19-7-5-18(6-8-19)13-24-21(22-3)25-11-9-17(2)20(14-25)26-12-10-23-16-26/h5-8,10,12,16-17,20H,4,9,11,13-15H2,1-3H3,(H,22,24). The maximum absolute atomic E-state index is 5.46. The molecular weight excluding hydrogens is 338 g/mol. The zero-order chi connectivity index (χ0) is 19.1. The molecule has 1 saturated heterocycles. The van der Waals surface area contributed by atoms with Gasteiger partial charge in [-0.05, 0) is 30.4 Å². The summed E-state index contributed by atoms with van der Waals surface area (Å²) in [5.74, 6) is 1.59. The third kappa shape index (κ3) is 5.10. The van der Waals surface area contributed by atoms with E-state index < -0.39 is 0 Å². The number of imidazole rings is 1. The van der Waals surface area contributed by atoms with Gasteiger partial charge in [0.05, 0.1) is 19.0 Å². The van der Waals surface area contributed by atoms with Gasteiger partial charge in [0.1, 0.15) is 0 Å². The topological polar surface area (TPSA) is 54.7 Å². The van der Waals surface area contributed by atoms with E-state index in [1.54, 1.807) is 0 Å². The quantitative estimate of drug-likeness (QED) is 0.628. The zero-order valence-electron chi connectivity index (χ0n) is 16.6. The Kier molecular flexibility index (Phi) is 6.87. The van der Waals surface area contributed by atoms with Crippen molar-refractivity contribution in [1.29, 1.82) is 0 Å². The molecule has 0 aliphatic carbocycles. The van der Waals surface area contributed by atoms with Gasteiger partial charge >= 0.3 is 0 Å². The summed E-state index contributed by atoms with van der Waals surface area (Å²) in [6.07, 6.45) is 6.99. The molecule has 1 aromatic heterocycles. The summed E-state index contributed by atoms with van der Waals surface area (Å²) in [4.78, 5) is 11.1. The van der Waals surface area contributed by atoms with Crippen LogP contribution in [0.3, 0.4) is 0 Å². The van der Waals surface area contributed by atoms with Gasteiger partial charge in [0.15, 0.2) is 5.96 Å². The molecule has 6 nitrogen and oxygen atoms in total. The maximum Gasteiger partial charge on any atom is 0.193 e. The van der Waals surface area contributed by atoms with Gasteiger partial charge < -0.3 is 19.5 Å². The number of aromatic nitrogens is 2. The van der Waals surface area contributed by atoms with Crippen LogP contribution in [-0.2, 0) is 17.9 Å². The zero-order valence-corrected chi connectivity index (χ0v) is 16.6. The van der Waals surface area contributed by atoms with Crippen LogP contribution < -0.4 is 5.32 Å². The molecule has 0 saturated carbocycles. The van der Waals surface area contributed by atoms with Gasteiger partial charge in [-0.15, -0.1) is 0 Å². The lowest BCUT2D eigenvalue weighted by Gasteiger charge is -2.39. The number of benzene rings is 1. The molecule has 27 heavy (non-hydrogen) atoms. The van der Waals surface area contributed by atoms with Crippen molar-refractivity contribution in [3.05, 3.63) is 54.1 Å². The third-order valence-corrected chi connectivity index (χ3v) is 5.28. The van der Waals surface area contributed by atoms with E-state index in [-0.39, 0.29) is 0 Å². The Hall–Kier alpha value is -2.34. The molecule has 1 aliphatic heterocycles. The average molecular weight is 370 g/mol. The smallest absolute Gasteiger partial charge is 0.193 e. The highest BCUT2D eigenvalue weighted by molar-refractivity contribution is 5.80. The van der Waals surface area contributed by atoms with Gasteiger partial charge in [0.25, 0.3) is 0 Å². The molecular formula is C21H31N5O. The minimum Gasteiger partial charge on any atom is -0.377 e. The van der Waals surface area contributed by atoms with E-state index >= 15 is 0 Å². The summed E-state index contributed by atoms with van der Waals surface area (Å²) in [6, 6.07) is 9.00. The van der Waals surface area contributed by atoms with Crippen LogP contribution in [0.1, 0.15) is 37.4 Å². The van der Waals surface area contributed by atoms with E-state index in [2.05, 4.69) is 62.1 Å². The number of guanidine groups is 1. The summed E-state index contributed by atoms with van der Waals surface area (Å²) >= 11 is 0. The maximum atomic E-state index is 5.46. The van der Waals surface area contributed by atoms with Gasteiger partial charge in [0, 0.05) is 45.7 Å². The number of rotatable bonds is 6. The van der Waals surface area contributed by atoms with E-state index in [1.807, 2.05) is 26.5 Å². The number of likely N-dealkylation sites (tertiary alicyclic amines) is 1. The number of piperidine rings is 1. The highest BCUT2D eigenvalue weighted by Gasteiger charge is 2.28. The molecule has 0 bridgehead atoms. The van der Waals surface area contributed by atoms with Crippen LogP contribution >= 0.6 is 0 Å². The molecule has 0 spiro atoms. The second kappa shape index (κ2) is 9.55. The Morgan fingerprint density at radius 2 is 2.07 bits per heavy atom. The van der Waals surface area contributed by atoms with Crippen LogP contribution in [0.15, 0.2) is 48.0 Å². The normalized spacial score (nSPS) is 20.7. The average Bonchev–Trinajstić information content (AvgIpc) is 3.23. The molecule has 2 aromatic rings. The molecule has 0 amide bonds. The van der Waals surface area contributed by atoms with Crippen molar-refractivity contribution in [1.82, 2.24) is 19.8 Å². The summed E-state index contributed by atoms with van der Waals surface area (Å²) in [7, 11) is 1.86. The number of aliphatic imine (C=N–C) groups is 1. The number of hydrogen-bond acceptors (Lipinski definition) is 3. The second-order valence-electron chi connectivity index (χ2n) is 7.14. The predicted molar refractivity (Wildman–Crippen MR) is 109 cm³/mol. The molecule has 1 aliphatic rings. The van der Waals surface area contributed by atoms with Crippen molar-refractivity contribution in [3.63, 3.8) is 0 Å². The summed E-state index contributed by atoms with van der Waals surface area (Å²) in [6.45, 7) is 8.50. The third-order valence-electron chi connectivity index (χ3n) is 5.28. The molecule has 1 N–H and O–H groups in total. The largest absolute Gasteiger partial charge is 0.377 e. The molecule has 6 heteroatoms. The van der Waals surface area contributed by atoms with Crippen LogP contribution in [-0.4, -0.2) is 47.2 Å². The fraction of sp³-hybridized carbons (Fsp3) is 0.524. The van der Waals surface area contributed by atoms with Crippen LogP contribution in [0.4, 0.5) is 0 Å². The van der Waals surface area contributed by atoms with Crippen molar-refractivity contribution < 1.29 is 4.74 Å². The predicted octanol–water partition coefficient (Wildman–Crippen LogP) is 3.08. The highest BCUT2D eigenvalue weighted by Crippen LogP contribution is 2.27. The lowest BCUT2D eigenvalue weighted by atomic mass is 9.93. The van der Waals surface area contributed by atoms with E-state index in [0.717, 1.165) is 38.6 Å². The Morgan fingerprint density at radius 3 is 2.74 bits per heavy atom. The fourth-order valence-corrected chi connectivity index (χ4v) is 3.58. The number of nitrogens with zero attached hydrogens (tertiary/aromatic N) is 4. The van der Waals surface area contributed by atoms with Crippen molar-refractivity contribution >= 4 is 5.96 Å². The Balaban J connectivity index is 1.57. The molecule has 2 heterocycles. The summed E-state index contributed by atoms with van der Waals surface area (Å²) in [5.41, 5.74) is 2.45. The Bertz CT molecular complexity index is 711. The van der Waals surface area contributed by atoms with Gasteiger partial charge in [-0.2, -0.15) is 0 Å². The minimum atomic E-state index is 0.428. The van der Waals surface area contributed by atoms with E-state index in [1.165, 1.54) is 11.1 Å². The van der Waals surface area contributed by atoms with Gasteiger partial charge in [-0.1, -0.05) is 31.2 Å². The van der Waals surface area contributed by atoms with Gasteiger partial charge in [-0.25, -0.2) is 4.98 Å². The number of ether oxygens (including phenoxy) is 1. The summed E-state index contributed by atoms with van der Waals surface area (Å²) in [5, 5.41) is 3.52. The van der Waals surface area contributed by atoms with Gasteiger partial charge in [0.2, 0.25) is 0 Å². The van der Waals surface area contributed by atoms with Crippen LogP contribution in [0.2, 0.25) is 0 Å². The lowest BCUT2D eigenvalue weighted by molar-refractivity contribution is 0.134. The first-order valence-electron chi connectivity index (χ1n) is 9.79. The molecule has 1 fully saturated rings. The van der Waals surface area contributed by atoms with Crippen molar-refractivity contribution in [2.24, 2.45) is 10.9 Å². The number of hydrogen-bond donors (Lipinski definition) is 1. The van der Waals surface area contributed by atoms with Crippen LogP contribution in [0.5, 0.6) is 0 Å². The Morgan fingerprint density at radius 1 is 1.30 bits per heavy atom. The van der Waals surface area contributed by atoms with Gasteiger partial charge in [-0.3, -0.25) is 4.99 Å². The van der Waals surface area contributed by atoms with E-state index in [4.69, 9.17) is 4.74 Å². The van der Waals surface area contributed by atoms with Crippen molar-refractivity contribution in [2.45, 2.75) is 39.5 Å². The highest BCUT2D eigenvalue weighted by atomic mass is 16.5. The molecule has 1 aromatic carbocycles. The van der Waals surface area contributed by atoms with E-state index in [9.17, 15) is 0 Å². The second-order valence-corrected chi connectivity index (χ2v) is 7.14. The van der Waals surface area contributed by atoms with E-state index in [0.29, 0.717) is 18.6 Å². The van der Waals surface area contributed by atoms with Crippen molar-refractivity contribution in [3.8, 4) is 0 Å². The molecule has 146 valence electrons. The fourth-order valence-electron chi connectivity index (χ4n) is 3.58. The first-order valence-corrected chi connectivity index (χ1v) is 9.79. The summed E-state index contributed by atoms with van der Waals surface area (Å²) < 4.78 is 7.68. The molecule has 2 atom stereocenters. The van der Waals surface area contributed by atoms with Crippen LogP contribution in [0.25, 0.3) is 0 Å². The Labute approximate surface area is 162 Å².